The molecule has 0 radical (unpaired) electrons. The summed E-state index contributed by atoms with van der Waals surface area (Å²) < 4.78 is 2.17. The van der Waals surface area contributed by atoms with E-state index < -0.39 is 0 Å². The maximum Gasteiger partial charge on any atom is 0.165 e. The molecule has 2 aliphatic rings. The first-order valence-electron chi connectivity index (χ1n) is 5.33. The standard InChI is InChI=1S/C10H9ClN4S/c11-9-7-10(13-3-12-9)15(4-14-7)5-1-2-6-8(5)16-6/h3-6,8H,1-2H2/t5-,6-,8+/m0/s1. The van der Waals surface area contributed by atoms with Crippen molar-refractivity contribution in [2.24, 2.45) is 0 Å². The fraction of sp³-hybridized carbons (Fsp3) is 0.500. The van der Waals surface area contributed by atoms with Crippen molar-refractivity contribution in [1.82, 2.24) is 19.5 Å². The van der Waals surface area contributed by atoms with E-state index in [4.69, 9.17) is 11.6 Å². The zero-order valence-electron chi connectivity index (χ0n) is 8.38. The van der Waals surface area contributed by atoms with Crippen molar-refractivity contribution >= 4 is 34.5 Å². The number of hydrogen-bond donors (Lipinski definition) is 0. The molecule has 1 aliphatic heterocycles. The van der Waals surface area contributed by atoms with Crippen LogP contribution in [0.5, 0.6) is 0 Å². The van der Waals surface area contributed by atoms with Crippen LogP contribution in [0.15, 0.2) is 12.7 Å². The minimum absolute atomic E-state index is 0.446. The van der Waals surface area contributed by atoms with Gasteiger partial charge in [0.2, 0.25) is 0 Å². The van der Waals surface area contributed by atoms with Gasteiger partial charge in [-0.25, -0.2) is 15.0 Å². The molecule has 3 heterocycles. The summed E-state index contributed by atoms with van der Waals surface area (Å²) in [5.41, 5.74) is 1.59. The normalized spacial score (nSPS) is 31.9. The summed E-state index contributed by atoms with van der Waals surface area (Å²) in [5.74, 6) is 0. The molecule has 1 saturated carbocycles. The van der Waals surface area contributed by atoms with E-state index in [1.165, 1.54) is 19.2 Å². The molecule has 0 bridgehead atoms. The van der Waals surface area contributed by atoms with E-state index in [0.717, 1.165) is 21.7 Å². The van der Waals surface area contributed by atoms with Gasteiger partial charge in [-0.3, -0.25) is 0 Å². The summed E-state index contributed by atoms with van der Waals surface area (Å²) in [4.78, 5) is 12.6. The molecule has 2 aromatic rings. The van der Waals surface area contributed by atoms with Gasteiger partial charge in [0.15, 0.2) is 10.8 Å². The summed E-state index contributed by atoms with van der Waals surface area (Å²) in [6, 6.07) is 0.547. The monoisotopic (exact) mass is 252 g/mol. The average Bonchev–Trinajstić information content (AvgIpc) is 2.75. The molecule has 4 rings (SSSR count). The first kappa shape index (κ1) is 9.24. The van der Waals surface area contributed by atoms with E-state index in [2.05, 4.69) is 31.3 Å². The lowest BCUT2D eigenvalue weighted by Crippen LogP contribution is -2.10. The third-order valence-electron chi connectivity index (χ3n) is 3.42. The van der Waals surface area contributed by atoms with Crippen molar-refractivity contribution in [2.45, 2.75) is 29.4 Å². The zero-order chi connectivity index (χ0) is 10.7. The minimum Gasteiger partial charge on any atom is -0.311 e. The van der Waals surface area contributed by atoms with E-state index >= 15 is 0 Å². The van der Waals surface area contributed by atoms with Gasteiger partial charge < -0.3 is 4.57 Å². The third-order valence-corrected chi connectivity index (χ3v) is 5.22. The highest BCUT2D eigenvalue weighted by Gasteiger charge is 2.50. The van der Waals surface area contributed by atoms with Crippen LogP contribution in [-0.4, -0.2) is 30.0 Å². The SMILES string of the molecule is Clc1ncnc2c1ncn2[C@H]1CC[C@@H]2S[C@@H]21. The molecule has 2 aromatic heterocycles. The Kier molecular flexibility index (Phi) is 1.79. The summed E-state index contributed by atoms with van der Waals surface area (Å²) in [6.45, 7) is 0. The quantitative estimate of drug-likeness (QED) is 0.577. The van der Waals surface area contributed by atoms with Gasteiger partial charge in [-0.2, -0.15) is 11.8 Å². The zero-order valence-corrected chi connectivity index (χ0v) is 9.95. The van der Waals surface area contributed by atoms with Crippen LogP contribution in [0.3, 0.4) is 0 Å². The molecule has 16 heavy (non-hydrogen) atoms. The number of rotatable bonds is 1. The molecular weight excluding hydrogens is 244 g/mol. The molecular formula is C10H9ClN4S. The van der Waals surface area contributed by atoms with Gasteiger partial charge >= 0.3 is 0 Å². The second-order valence-electron chi connectivity index (χ2n) is 4.27. The maximum atomic E-state index is 5.99. The lowest BCUT2D eigenvalue weighted by molar-refractivity contribution is 0.547. The van der Waals surface area contributed by atoms with Gasteiger partial charge in [0.1, 0.15) is 11.8 Å². The first-order valence-corrected chi connectivity index (χ1v) is 6.65. The van der Waals surface area contributed by atoms with E-state index in [0.29, 0.717) is 11.2 Å². The van der Waals surface area contributed by atoms with E-state index in [1.807, 2.05) is 6.33 Å². The molecule has 4 nitrogen and oxygen atoms in total. The molecule has 6 heteroatoms. The summed E-state index contributed by atoms with van der Waals surface area (Å²) in [6.07, 6.45) is 5.92. The Balaban J connectivity index is 1.88. The third kappa shape index (κ3) is 1.16. The Bertz CT molecular complexity index is 569. The smallest absolute Gasteiger partial charge is 0.165 e. The first-order chi connectivity index (χ1) is 7.84. The molecule has 0 unspecified atom stereocenters. The van der Waals surface area contributed by atoms with Crippen molar-refractivity contribution in [2.75, 3.05) is 0 Å². The Morgan fingerprint density at radius 1 is 1.31 bits per heavy atom. The van der Waals surface area contributed by atoms with E-state index in [-0.39, 0.29) is 0 Å². The molecule has 0 amide bonds. The van der Waals surface area contributed by atoms with Gasteiger partial charge in [-0.1, -0.05) is 11.6 Å². The number of imidazole rings is 1. The van der Waals surface area contributed by atoms with Gasteiger partial charge in [-0.15, -0.1) is 0 Å². The van der Waals surface area contributed by atoms with Crippen LogP contribution < -0.4 is 0 Å². The summed E-state index contributed by atoms with van der Waals surface area (Å²) in [7, 11) is 0. The highest BCUT2D eigenvalue weighted by atomic mass is 35.5. The fourth-order valence-corrected chi connectivity index (χ4v) is 4.12. The van der Waals surface area contributed by atoms with E-state index in [9.17, 15) is 0 Å². The van der Waals surface area contributed by atoms with Crippen LogP contribution in [0.2, 0.25) is 5.15 Å². The predicted octanol–water partition coefficient (Wildman–Crippen LogP) is 2.30. The predicted molar refractivity (Wildman–Crippen MR) is 63.8 cm³/mol. The second-order valence-corrected chi connectivity index (χ2v) is 6.05. The number of hydrogen-bond acceptors (Lipinski definition) is 4. The highest BCUT2D eigenvalue weighted by Crippen LogP contribution is 2.58. The number of fused-ring (bicyclic) bond motifs is 2. The van der Waals surface area contributed by atoms with Gasteiger partial charge in [0.05, 0.1) is 6.33 Å². The largest absolute Gasteiger partial charge is 0.311 e. The van der Waals surface area contributed by atoms with Gasteiger partial charge in [-0.05, 0) is 12.8 Å². The van der Waals surface area contributed by atoms with Crippen LogP contribution >= 0.6 is 23.4 Å². The number of thioether (sulfide) groups is 1. The minimum atomic E-state index is 0.446. The fourth-order valence-electron chi connectivity index (χ4n) is 2.59. The topological polar surface area (TPSA) is 43.6 Å². The van der Waals surface area contributed by atoms with Crippen LogP contribution in [-0.2, 0) is 0 Å². The molecule has 1 aliphatic carbocycles. The Morgan fingerprint density at radius 3 is 3.00 bits per heavy atom. The Hall–Kier alpha value is -0.810. The number of halogens is 1. The highest BCUT2D eigenvalue weighted by molar-refractivity contribution is 8.07. The molecule has 1 saturated heterocycles. The molecule has 0 N–H and O–H groups in total. The van der Waals surface area contributed by atoms with Crippen molar-refractivity contribution in [3.05, 3.63) is 17.8 Å². The van der Waals surface area contributed by atoms with E-state index in [1.54, 1.807) is 0 Å². The molecule has 82 valence electrons. The second kappa shape index (κ2) is 3.11. The molecule has 0 spiro atoms. The molecule has 2 fully saturated rings. The van der Waals surface area contributed by atoms with Crippen molar-refractivity contribution < 1.29 is 0 Å². The average molecular weight is 253 g/mol. The van der Waals surface area contributed by atoms with Crippen molar-refractivity contribution in [1.29, 1.82) is 0 Å². The Morgan fingerprint density at radius 2 is 2.25 bits per heavy atom. The summed E-state index contributed by atoms with van der Waals surface area (Å²) >= 11 is 8.06. The van der Waals surface area contributed by atoms with Crippen LogP contribution in [0.25, 0.3) is 11.2 Å². The molecule has 0 aromatic carbocycles. The number of aromatic nitrogens is 4. The van der Waals surface area contributed by atoms with Crippen LogP contribution in [0.1, 0.15) is 18.9 Å². The van der Waals surface area contributed by atoms with Crippen molar-refractivity contribution in [3.63, 3.8) is 0 Å². The number of nitrogens with zero attached hydrogens (tertiary/aromatic N) is 4. The summed E-state index contributed by atoms with van der Waals surface area (Å²) in [5, 5.41) is 2.09. The maximum absolute atomic E-state index is 5.99. The van der Waals surface area contributed by atoms with Crippen LogP contribution in [0, 0.1) is 0 Å². The van der Waals surface area contributed by atoms with Crippen LogP contribution in [0.4, 0.5) is 0 Å². The Labute approximate surface area is 101 Å². The lowest BCUT2D eigenvalue weighted by Gasteiger charge is -2.13. The lowest BCUT2D eigenvalue weighted by atomic mass is 10.2. The van der Waals surface area contributed by atoms with Crippen molar-refractivity contribution in [3.8, 4) is 0 Å². The van der Waals surface area contributed by atoms with Gasteiger partial charge in [0.25, 0.3) is 0 Å². The van der Waals surface area contributed by atoms with Gasteiger partial charge in [0, 0.05) is 16.5 Å². The molecule has 3 atom stereocenters.